The lowest BCUT2D eigenvalue weighted by molar-refractivity contribution is 0.102. The SMILES string of the molecule is CCN(CC)CCOc1cc(NC(=O)c2cc3cnn(C(C)C)c3nc2C)ccc1OC. The molecule has 0 radical (unpaired) electrons. The standard InChI is InChI=1S/C24H33N5O3/c1-7-28(8-2)11-12-32-22-14-19(9-10-21(22)31-6)27-24(30)20-13-18-15-25-29(16(3)4)23(18)26-17(20)5/h9-10,13-16H,7-8,11-12H2,1-6H3,(H,27,30). The van der Waals surface area contributed by atoms with Crippen LogP contribution in [0, 0.1) is 6.92 Å². The minimum absolute atomic E-state index is 0.193. The Hall–Kier alpha value is -3.13. The van der Waals surface area contributed by atoms with Crippen molar-refractivity contribution < 1.29 is 14.3 Å². The predicted octanol–water partition coefficient (Wildman–Crippen LogP) is 4.30. The number of anilines is 1. The van der Waals surface area contributed by atoms with E-state index >= 15 is 0 Å². The normalized spacial score (nSPS) is 11.4. The maximum Gasteiger partial charge on any atom is 0.257 e. The van der Waals surface area contributed by atoms with Crippen molar-refractivity contribution in [1.82, 2.24) is 19.7 Å². The first-order valence-electron chi connectivity index (χ1n) is 11.1. The van der Waals surface area contributed by atoms with Crippen molar-refractivity contribution in [3.05, 3.63) is 41.7 Å². The number of nitrogens with one attached hydrogen (secondary N) is 1. The molecule has 2 heterocycles. The molecule has 0 fully saturated rings. The zero-order valence-corrected chi connectivity index (χ0v) is 19.8. The summed E-state index contributed by atoms with van der Waals surface area (Å²) < 4.78 is 13.2. The van der Waals surface area contributed by atoms with Crippen LogP contribution >= 0.6 is 0 Å². The average molecular weight is 440 g/mol. The van der Waals surface area contributed by atoms with Gasteiger partial charge in [0, 0.05) is 29.7 Å². The minimum atomic E-state index is -0.228. The summed E-state index contributed by atoms with van der Waals surface area (Å²) in [4.78, 5) is 19.9. The number of rotatable bonds is 10. The van der Waals surface area contributed by atoms with Crippen molar-refractivity contribution in [3.63, 3.8) is 0 Å². The number of ether oxygens (including phenoxy) is 2. The van der Waals surface area contributed by atoms with Gasteiger partial charge in [-0.15, -0.1) is 0 Å². The first kappa shape index (κ1) is 23.5. The molecule has 3 rings (SSSR count). The second kappa shape index (κ2) is 10.5. The fraction of sp³-hybridized carbons (Fsp3) is 0.458. The maximum absolute atomic E-state index is 13.0. The lowest BCUT2D eigenvalue weighted by Crippen LogP contribution is -2.28. The fourth-order valence-electron chi connectivity index (χ4n) is 3.56. The molecular formula is C24H33N5O3. The number of hydrogen-bond donors (Lipinski definition) is 1. The van der Waals surface area contributed by atoms with Crippen molar-refractivity contribution in [1.29, 1.82) is 0 Å². The van der Waals surface area contributed by atoms with E-state index in [0.29, 0.717) is 35.1 Å². The van der Waals surface area contributed by atoms with Crippen LogP contribution in [-0.4, -0.2) is 58.9 Å². The van der Waals surface area contributed by atoms with Gasteiger partial charge in [-0.1, -0.05) is 13.8 Å². The van der Waals surface area contributed by atoms with Gasteiger partial charge in [-0.05, 0) is 52.1 Å². The highest BCUT2D eigenvalue weighted by Crippen LogP contribution is 2.30. The molecule has 172 valence electrons. The highest BCUT2D eigenvalue weighted by atomic mass is 16.5. The second-order valence-corrected chi connectivity index (χ2v) is 7.91. The van der Waals surface area contributed by atoms with Gasteiger partial charge in [-0.3, -0.25) is 4.79 Å². The molecule has 0 unspecified atom stereocenters. The highest BCUT2D eigenvalue weighted by Gasteiger charge is 2.16. The third-order valence-electron chi connectivity index (χ3n) is 5.47. The zero-order chi connectivity index (χ0) is 23.3. The van der Waals surface area contributed by atoms with Crippen LogP contribution in [0.25, 0.3) is 11.0 Å². The molecule has 0 saturated carbocycles. The second-order valence-electron chi connectivity index (χ2n) is 7.91. The van der Waals surface area contributed by atoms with Crippen LogP contribution in [-0.2, 0) is 0 Å². The van der Waals surface area contributed by atoms with E-state index in [1.807, 2.05) is 17.7 Å². The largest absolute Gasteiger partial charge is 0.493 e. The van der Waals surface area contributed by atoms with Crippen LogP contribution < -0.4 is 14.8 Å². The monoisotopic (exact) mass is 439 g/mol. The number of nitrogens with zero attached hydrogens (tertiary/aromatic N) is 4. The van der Waals surface area contributed by atoms with Gasteiger partial charge in [-0.25, -0.2) is 9.67 Å². The van der Waals surface area contributed by atoms with E-state index in [4.69, 9.17) is 9.47 Å². The van der Waals surface area contributed by atoms with E-state index in [1.54, 1.807) is 31.5 Å². The first-order valence-corrected chi connectivity index (χ1v) is 11.1. The molecule has 0 aliphatic heterocycles. The van der Waals surface area contributed by atoms with Crippen LogP contribution in [0.3, 0.4) is 0 Å². The van der Waals surface area contributed by atoms with Crippen molar-refractivity contribution in [2.45, 2.75) is 40.7 Å². The number of carbonyl (C=O) groups is 1. The Morgan fingerprint density at radius 2 is 1.94 bits per heavy atom. The average Bonchev–Trinajstić information content (AvgIpc) is 3.19. The molecule has 0 atom stereocenters. The lowest BCUT2D eigenvalue weighted by atomic mass is 10.1. The Labute approximate surface area is 189 Å². The molecule has 0 bridgehead atoms. The Bertz CT molecular complexity index is 1070. The van der Waals surface area contributed by atoms with Gasteiger partial charge in [0.1, 0.15) is 6.61 Å². The van der Waals surface area contributed by atoms with Crippen molar-refractivity contribution in [2.24, 2.45) is 0 Å². The molecule has 0 saturated heterocycles. The molecular weight excluding hydrogens is 406 g/mol. The van der Waals surface area contributed by atoms with E-state index in [-0.39, 0.29) is 11.9 Å². The number of benzene rings is 1. The molecule has 0 spiro atoms. The van der Waals surface area contributed by atoms with Gasteiger partial charge >= 0.3 is 0 Å². The van der Waals surface area contributed by atoms with Crippen LogP contribution in [0.4, 0.5) is 5.69 Å². The number of aromatic nitrogens is 3. The van der Waals surface area contributed by atoms with Gasteiger partial charge in [0.05, 0.1) is 24.6 Å². The fourth-order valence-corrected chi connectivity index (χ4v) is 3.56. The van der Waals surface area contributed by atoms with E-state index in [2.05, 4.69) is 48.0 Å². The maximum atomic E-state index is 13.0. The number of methoxy groups -OCH3 is 1. The molecule has 8 heteroatoms. The number of aryl methyl sites for hydroxylation is 1. The van der Waals surface area contributed by atoms with E-state index in [0.717, 1.165) is 30.7 Å². The van der Waals surface area contributed by atoms with Crippen LogP contribution in [0.5, 0.6) is 11.5 Å². The summed E-state index contributed by atoms with van der Waals surface area (Å²) in [6, 6.07) is 7.41. The molecule has 3 aromatic rings. The van der Waals surface area contributed by atoms with E-state index < -0.39 is 0 Å². The molecule has 2 aromatic heterocycles. The summed E-state index contributed by atoms with van der Waals surface area (Å²) in [5, 5.41) is 8.18. The van der Waals surface area contributed by atoms with Crippen molar-refractivity contribution in [2.75, 3.05) is 38.7 Å². The zero-order valence-electron chi connectivity index (χ0n) is 19.8. The molecule has 1 N–H and O–H groups in total. The number of likely N-dealkylation sites (N-methyl/N-ethyl adjacent to an activating group) is 1. The number of pyridine rings is 1. The van der Waals surface area contributed by atoms with Gasteiger partial charge in [-0.2, -0.15) is 5.10 Å². The Morgan fingerprint density at radius 1 is 1.19 bits per heavy atom. The summed E-state index contributed by atoms with van der Waals surface area (Å²) in [6.45, 7) is 13.5. The molecule has 1 aromatic carbocycles. The number of hydrogen-bond acceptors (Lipinski definition) is 6. The number of amides is 1. The molecule has 0 aliphatic carbocycles. The number of fused-ring (bicyclic) bond motifs is 1. The highest BCUT2D eigenvalue weighted by molar-refractivity contribution is 6.06. The van der Waals surface area contributed by atoms with Gasteiger partial charge < -0.3 is 19.7 Å². The Balaban J connectivity index is 1.78. The van der Waals surface area contributed by atoms with E-state index in [9.17, 15) is 4.79 Å². The van der Waals surface area contributed by atoms with Crippen LogP contribution in [0.2, 0.25) is 0 Å². The summed E-state index contributed by atoms with van der Waals surface area (Å²) in [5.74, 6) is 0.998. The van der Waals surface area contributed by atoms with Gasteiger partial charge in [0.25, 0.3) is 5.91 Å². The molecule has 1 amide bonds. The molecule has 8 nitrogen and oxygen atoms in total. The van der Waals surface area contributed by atoms with E-state index in [1.165, 1.54) is 0 Å². The smallest absolute Gasteiger partial charge is 0.257 e. The first-order chi connectivity index (χ1) is 15.4. The van der Waals surface area contributed by atoms with Crippen LogP contribution in [0.1, 0.15) is 49.8 Å². The summed E-state index contributed by atoms with van der Waals surface area (Å²) in [7, 11) is 1.60. The van der Waals surface area contributed by atoms with Crippen molar-refractivity contribution >= 4 is 22.6 Å². The third kappa shape index (κ3) is 5.19. The van der Waals surface area contributed by atoms with Gasteiger partial charge in [0.15, 0.2) is 17.1 Å². The quantitative estimate of drug-likeness (QED) is 0.507. The number of carbonyl (C=O) groups excluding carboxylic acids is 1. The summed E-state index contributed by atoms with van der Waals surface area (Å²) >= 11 is 0. The topological polar surface area (TPSA) is 81.5 Å². The molecule has 0 aliphatic rings. The van der Waals surface area contributed by atoms with Crippen molar-refractivity contribution in [3.8, 4) is 11.5 Å². The molecule has 32 heavy (non-hydrogen) atoms. The minimum Gasteiger partial charge on any atom is -0.493 e. The Morgan fingerprint density at radius 3 is 2.59 bits per heavy atom. The predicted molar refractivity (Wildman–Crippen MR) is 127 cm³/mol. The third-order valence-corrected chi connectivity index (χ3v) is 5.47. The summed E-state index contributed by atoms with van der Waals surface area (Å²) in [6.07, 6.45) is 1.74. The van der Waals surface area contributed by atoms with Gasteiger partial charge in [0.2, 0.25) is 0 Å². The van der Waals surface area contributed by atoms with Crippen LogP contribution in [0.15, 0.2) is 30.5 Å². The Kier molecular flexibility index (Phi) is 7.69. The lowest BCUT2D eigenvalue weighted by Gasteiger charge is -2.19. The summed E-state index contributed by atoms with van der Waals surface area (Å²) in [5.41, 5.74) is 2.58.